The number of hydrogen-bond donors (Lipinski definition) is 2. The fraction of sp³-hybridized carbons (Fsp3) is 0.167. The summed E-state index contributed by atoms with van der Waals surface area (Å²) < 4.78 is 15.0. The van der Waals surface area contributed by atoms with Crippen LogP contribution >= 0.6 is 0 Å². The third kappa shape index (κ3) is 2.17. The lowest BCUT2D eigenvalue weighted by Gasteiger charge is -2.07. The highest BCUT2D eigenvalue weighted by Gasteiger charge is 2.15. The summed E-state index contributed by atoms with van der Waals surface area (Å²) in [6.07, 6.45) is 1.42. The van der Waals surface area contributed by atoms with E-state index in [1.54, 1.807) is 20.0 Å². The van der Waals surface area contributed by atoms with E-state index in [2.05, 4.69) is 10.4 Å². The van der Waals surface area contributed by atoms with Crippen molar-refractivity contribution in [1.29, 1.82) is 0 Å². The number of aromatic nitrogens is 2. The average molecular weight is 248 g/mol. The summed E-state index contributed by atoms with van der Waals surface area (Å²) in [6.45, 7) is 1.75. The van der Waals surface area contributed by atoms with Crippen LogP contribution in [0.5, 0.6) is 0 Å². The van der Waals surface area contributed by atoms with Crippen LogP contribution in [0.1, 0.15) is 15.9 Å². The Labute approximate surface area is 103 Å². The summed E-state index contributed by atoms with van der Waals surface area (Å²) in [6, 6.07) is 4.42. The normalized spacial score (nSPS) is 10.4. The van der Waals surface area contributed by atoms with Gasteiger partial charge in [0.15, 0.2) is 5.82 Å². The zero-order valence-corrected chi connectivity index (χ0v) is 10.1. The van der Waals surface area contributed by atoms with Crippen molar-refractivity contribution in [3.8, 4) is 0 Å². The number of rotatable bonds is 2. The Morgan fingerprint density at radius 3 is 2.78 bits per heavy atom. The molecule has 1 heterocycles. The number of halogens is 1. The first-order valence-corrected chi connectivity index (χ1v) is 5.34. The second-order valence-corrected chi connectivity index (χ2v) is 4.01. The molecule has 0 aliphatic carbocycles. The van der Waals surface area contributed by atoms with Crippen LogP contribution < -0.4 is 11.1 Å². The molecule has 0 atom stereocenters. The minimum Gasteiger partial charge on any atom is -0.394 e. The molecule has 0 saturated carbocycles. The molecule has 0 saturated heterocycles. The molecule has 0 bridgehead atoms. The number of nitrogens with two attached hydrogens (primary N) is 1. The number of carbonyl (C=O) groups is 1. The molecule has 0 unspecified atom stereocenters. The summed E-state index contributed by atoms with van der Waals surface area (Å²) in [4.78, 5) is 11.9. The van der Waals surface area contributed by atoms with Gasteiger partial charge >= 0.3 is 0 Å². The molecule has 6 heteroatoms. The Kier molecular flexibility index (Phi) is 3.01. The molecule has 3 N–H and O–H groups in total. The van der Waals surface area contributed by atoms with Gasteiger partial charge in [-0.3, -0.25) is 9.48 Å². The lowest BCUT2D eigenvalue weighted by atomic mass is 10.1. The Hall–Kier alpha value is -2.37. The van der Waals surface area contributed by atoms with Gasteiger partial charge in [0.25, 0.3) is 5.91 Å². The quantitative estimate of drug-likeness (QED) is 0.849. The summed E-state index contributed by atoms with van der Waals surface area (Å²) in [5.41, 5.74) is 6.70. The Balaban J connectivity index is 2.28. The van der Waals surface area contributed by atoms with Gasteiger partial charge in [-0.05, 0) is 24.6 Å². The van der Waals surface area contributed by atoms with Gasteiger partial charge in [-0.1, -0.05) is 6.07 Å². The first kappa shape index (κ1) is 12.1. The van der Waals surface area contributed by atoms with E-state index in [4.69, 9.17) is 5.73 Å². The van der Waals surface area contributed by atoms with E-state index in [1.807, 2.05) is 0 Å². The van der Waals surface area contributed by atoms with Gasteiger partial charge in [0.2, 0.25) is 0 Å². The largest absolute Gasteiger partial charge is 0.394 e. The highest BCUT2D eigenvalue weighted by atomic mass is 19.1. The zero-order valence-electron chi connectivity index (χ0n) is 10.1. The molecule has 2 aromatic rings. The SMILES string of the molecule is Cc1ccc(C(=O)Nc2c(N)cnn2C)c(F)c1. The van der Waals surface area contributed by atoms with Gasteiger partial charge in [0.05, 0.1) is 17.4 Å². The number of nitrogens with zero attached hydrogens (tertiary/aromatic N) is 2. The molecular weight excluding hydrogens is 235 g/mol. The van der Waals surface area contributed by atoms with Crippen molar-refractivity contribution < 1.29 is 9.18 Å². The average Bonchev–Trinajstić information content (AvgIpc) is 2.60. The van der Waals surface area contributed by atoms with Crippen LogP contribution in [0.15, 0.2) is 24.4 Å². The first-order chi connectivity index (χ1) is 8.49. The zero-order chi connectivity index (χ0) is 13.3. The topological polar surface area (TPSA) is 72.9 Å². The van der Waals surface area contributed by atoms with Crippen molar-refractivity contribution in [1.82, 2.24) is 9.78 Å². The maximum absolute atomic E-state index is 13.6. The highest BCUT2D eigenvalue weighted by Crippen LogP contribution is 2.18. The first-order valence-electron chi connectivity index (χ1n) is 5.34. The predicted octanol–water partition coefficient (Wildman–Crippen LogP) is 1.70. The van der Waals surface area contributed by atoms with Gasteiger partial charge in [0, 0.05) is 7.05 Å². The van der Waals surface area contributed by atoms with Crippen molar-refractivity contribution in [3.05, 3.63) is 41.3 Å². The summed E-state index contributed by atoms with van der Waals surface area (Å²) >= 11 is 0. The van der Waals surface area contributed by atoms with Crippen molar-refractivity contribution in [2.45, 2.75) is 6.92 Å². The van der Waals surface area contributed by atoms with E-state index in [1.165, 1.54) is 23.0 Å². The van der Waals surface area contributed by atoms with E-state index >= 15 is 0 Å². The van der Waals surface area contributed by atoms with Crippen LogP contribution in [0.4, 0.5) is 15.9 Å². The minimum atomic E-state index is -0.562. The number of nitrogens with one attached hydrogen (secondary N) is 1. The minimum absolute atomic E-state index is 0.0267. The van der Waals surface area contributed by atoms with Gasteiger partial charge in [-0.2, -0.15) is 5.10 Å². The molecular formula is C12H13FN4O. The summed E-state index contributed by atoms with van der Waals surface area (Å²) in [5.74, 6) is -0.768. The molecule has 0 radical (unpaired) electrons. The molecule has 0 aliphatic heterocycles. The van der Waals surface area contributed by atoms with Crippen LogP contribution in [0.25, 0.3) is 0 Å². The third-order valence-electron chi connectivity index (χ3n) is 2.57. The molecule has 1 amide bonds. The Morgan fingerprint density at radius 1 is 1.50 bits per heavy atom. The van der Waals surface area contributed by atoms with Crippen LogP contribution in [0, 0.1) is 12.7 Å². The molecule has 0 spiro atoms. The summed E-state index contributed by atoms with van der Waals surface area (Å²) in [5, 5.41) is 6.41. The number of carbonyl (C=O) groups excluding carboxylic acids is 1. The maximum atomic E-state index is 13.6. The van der Waals surface area contributed by atoms with Crippen LogP contribution in [-0.4, -0.2) is 15.7 Å². The Morgan fingerprint density at radius 2 is 2.22 bits per heavy atom. The number of aryl methyl sites for hydroxylation is 2. The molecule has 1 aromatic heterocycles. The molecule has 18 heavy (non-hydrogen) atoms. The lowest BCUT2D eigenvalue weighted by molar-refractivity contribution is 0.102. The lowest BCUT2D eigenvalue weighted by Crippen LogP contribution is -2.17. The van der Waals surface area contributed by atoms with Crippen molar-refractivity contribution in [3.63, 3.8) is 0 Å². The number of anilines is 2. The Bertz CT molecular complexity index is 587. The van der Waals surface area contributed by atoms with Crippen molar-refractivity contribution in [2.24, 2.45) is 7.05 Å². The van der Waals surface area contributed by atoms with E-state index in [9.17, 15) is 9.18 Å². The number of hydrogen-bond acceptors (Lipinski definition) is 3. The second-order valence-electron chi connectivity index (χ2n) is 4.01. The highest BCUT2D eigenvalue weighted by molar-refractivity contribution is 6.05. The van der Waals surface area contributed by atoms with Gasteiger partial charge < -0.3 is 11.1 Å². The van der Waals surface area contributed by atoms with Crippen molar-refractivity contribution >= 4 is 17.4 Å². The standard InChI is InChI=1S/C12H13FN4O/c1-7-3-4-8(9(13)5-7)12(18)16-11-10(14)6-15-17(11)2/h3-6H,14H2,1-2H3,(H,16,18). The fourth-order valence-electron chi connectivity index (χ4n) is 1.59. The van der Waals surface area contributed by atoms with E-state index < -0.39 is 11.7 Å². The van der Waals surface area contributed by atoms with Crippen LogP contribution in [-0.2, 0) is 7.05 Å². The van der Waals surface area contributed by atoms with Crippen molar-refractivity contribution in [2.75, 3.05) is 11.1 Å². The second kappa shape index (κ2) is 4.48. The van der Waals surface area contributed by atoms with Crippen LogP contribution in [0.2, 0.25) is 0 Å². The summed E-state index contributed by atoms with van der Waals surface area (Å²) in [7, 11) is 1.64. The number of amides is 1. The molecule has 2 rings (SSSR count). The maximum Gasteiger partial charge on any atom is 0.259 e. The number of benzene rings is 1. The molecule has 1 aromatic carbocycles. The molecule has 94 valence electrons. The van der Waals surface area contributed by atoms with E-state index in [0.29, 0.717) is 11.5 Å². The predicted molar refractivity (Wildman–Crippen MR) is 66.7 cm³/mol. The monoisotopic (exact) mass is 248 g/mol. The number of nitrogen functional groups attached to an aromatic ring is 1. The molecule has 0 aliphatic rings. The van der Waals surface area contributed by atoms with E-state index in [0.717, 1.165) is 5.56 Å². The molecule has 0 fully saturated rings. The van der Waals surface area contributed by atoms with Gasteiger partial charge in [0.1, 0.15) is 5.82 Å². The van der Waals surface area contributed by atoms with Gasteiger partial charge in [-0.15, -0.1) is 0 Å². The smallest absolute Gasteiger partial charge is 0.259 e. The fourth-order valence-corrected chi connectivity index (χ4v) is 1.59. The van der Waals surface area contributed by atoms with Gasteiger partial charge in [-0.25, -0.2) is 4.39 Å². The third-order valence-corrected chi connectivity index (χ3v) is 2.57. The van der Waals surface area contributed by atoms with E-state index in [-0.39, 0.29) is 5.56 Å². The van der Waals surface area contributed by atoms with Crippen LogP contribution in [0.3, 0.4) is 0 Å². The molecule has 5 nitrogen and oxygen atoms in total.